The molecule has 0 saturated carbocycles. The Hall–Kier alpha value is -3.64. The quantitative estimate of drug-likeness (QED) is 0.123. The predicted octanol–water partition coefficient (Wildman–Crippen LogP) is 5.37. The number of nitrogens with zero attached hydrogens (tertiary/aromatic N) is 1. The minimum atomic E-state index is -0.948. The molecule has 204 valence electrons. The van der Waals surface area contributed by atoms with Crippen LogP contribution in [0.3, 0.4) is 0 Å². The van der Waals surface area contributed by atoms with Gasteiger partial charge in [-0.2, -0.15) is 5.10 Å². The van der Waals surface area contributed by atoms with Gasteiger partial charge in [-0.1, -0.05) is 35.4 Å². The fourth-order valence-electron chi connectivity index (χ4n) is 3.73. The molecule has 0 aliphatic carbocycles. The Morgan fingerprint density at radius 2 is 1.69 bits per heavy atom. The molecule has 0 bridgehead atoms. The molecule has 9 nitrogen and oxygen atoms in total. The molecule has 3 N–H and O–H groups in total. The first-order valence-electron chi connectivity index (χ1n) is 11.9. The summed E-state index contributed by atoms with van der Waals surface area (Å²) in [5, 5.41) is 9.65. The molecule has 0 unspecified atom stereocenters. The molecule has 0 fully saturated rings. The predicted molar refractivity (Wildman–Crippen MR) is 161 cm³/mol. The summed E-state index contributed by atoms with van der Waals surface area (Å²) in [6, 6.07) is 13.8. The van der Waals surface area contributed by atoms with Crippen LogP contribution in [0.25, 0.3) is 0 Å². The van der Waals surface area contributed by atoms with Crippen LogP contribution in [0.1, 0.15) is 29.2 Å². The molecule has 0 aliphatic rings. The lowest BCUT2D eigenvalue weighted by atomic mass is 10.1. The van der Waals surface area contributed by atoms with E-state index in [1.54, 1.807) is 30.3 Å². The van der Waals surface area contributed by atoms with E-state index in [-0.39, 0.29) is 12.5 Å². The van der Waals surface area contributed by atoms with Crippen molar-refractivity contribution in [3.05, 3.63) is 79.4 Å². The number of amides is 3. The van der Waals surface area contributed by atoms with Crippen molar-refractivity contribution in [1.82, 2.24) is 5.43 Å². The molecular formula is C28H28ClIN4O5. The lowest BCUT2D eigenvalue weighted by molar-refractivity contribution is -0.136. The van der Waals surface area contributed by atoms with Gasteiger partial charge < -0.3 is 20.1 Å². The van der Waals surface area contributed by atoms with Crippen molar-refractivity contribution in [2.75, 3.05) is 23.8 Å². The Bertz CT molecular complexity index is 1400. The molecule has 0 radical (unpaired) electrons. The molecule has 0 spiro atoms. The Balaban J connectivity index is 1.64. The normalized spacial score (nSPS) is 10.7. The molecule has 0 atom stereocenters. The molecule has 39 heavy (non-hydrogen) atoms. The van der Waals surface area contributed by atoms with Crippen LogP contribution in [-0.2, 0) is 14.4 Å². The Morgan fingerprint density at radius 1 is 0.974 bits per heavy atom. The molecule has 3 aromatic rings. The van der Waals surface area contributed by atoms with Crippen LogP contribution >= 0.6 is 34.2 Å². The maximum Gasteiger partial charge on any atom is 0.329 e. The van der Waals surface area contributed by atoms with Crippen LogP contribution in [0, 0.1) is 24.3 Å². The van der Waals surface area contributed by atoms with Crippen molar-refractivity contribution in [3.63, 3.8) is 0 Å². The van der Waals surface area contributed by atoms with Gasteiger partial charge in [0.1, 0.15) is 0 Å². The van der Waals surface area contributed by atoms with E-state index in [2.05, 4.69) is 43.8 Å². The number of aryl methyl sites for hydroxylation is 3. The molecule has 11 heteroatoms. The number of carbonyl (C=O) groups is 3. The number of ether oxygens (including phenoxy) is 2. The first kappa shape index (κ1) is 29.9. The fraction of sp³-hybridized carbons (Fsp3) is 0.214. The number of halogens is 2. The molecule has 3 rings (SSSR count). The van der Waals surface area contributed by atoms with Crippen LogP contribution < -0.4 is 25.5 Å². The zero-order valence-electron chi connectivity index (χ0n) is 21.9. The van der Waals surface area contributed by atoms with E-state index in [9.17, 15) is 14.4 Å². The molecule has 3 amide bonds. The zero-order valence-corrected chi connectivity index (χ0v) is 24.8. The van der Waals surface area contributed by atoms with Crippen molar-refractivity contribution < 1.29 is 23.9 Å². The Labute approximate surface area is 245 Å². The summed E-state index contributed by atoms with van der Waals surface area (Å²) in [7, 11) is 0. The van der Waals surface area contributed by atoms with Gasteiger partial charge in [-0.3, -0.25) is 14.4 Å². The van der Waals surface area contributed by atoms with Crippen molar-refractivity contribution in [2.45, 2.75) is 27.7 Å². The van der Waals surface area contributed by atoms with Gasteiger partial charge in [-0.15, -0.1) is 0 Å². The Kier molecular flexibility index (Phi) is 10.7. The zero-order chi connectivity index (χ0) is 28.5. The second-order valence-electron chi connectivity index (χ2n) is 8.54. The highest BCUT2D eigenvalue weighted by Gasteiger charge is 2.16. The van der Waals surface area contributed by atoms with Crippen molar-refractivity contribution in [1.29, 1.82) is 0 Å². The van der Waals surface area contributed by atoms with Crippen LogP contribution in [-0.4, -0.2) is 37.1 Å². The summed E-state index contributed by atoms with van der Waals surface area (Å²) in [6.45, 7) is 7.87. The van der Waals surface area contributed by atoms with Crippen molar-refractivity contribution in [3.8, 4) is 11.5 Å². The smallest absolute Gasteiger partial charge is 0.329 e. The van der Waals surface area contributed by atoms with Crippen molar-refractivity contribution in [2.24, 2.45) is 5.10 Å². The SMILES string of the molecule is CCOc1cc(/C=N\NC(=O)C(=O)Nc2cccc(Cl)c2)cc(I)c1OCC(=O)Nc1c(C)cc(C)cc1C. The van der Waals surface area contributed by atoms with E-state index >= 15 is 0 Å². The first-order valence-corrected chi connectivity index (χ1v) is 13.4. The molecule has 0 aliphatic heterocycles. The standard InChI is InChI=1S/C28H28ClIN4O5/c1-5-38-23-12-19(14-31-34-28(37)27(36)32-21-8-6-7-20(29)13-21)11-22(30)26(23)39-15-24(35)33-25-17(3)9-16(2)10-18(25)4/h6-14H,5,15H2,1-4H3,(H,32,36)(H,33,35)(H,34,37)/b31-14-. The van der Waals surface area contributed by atoms with Crippen molar-refractivity contribution >= 4 is 69.5 Å². The van der Waals surface area contributed by atoms with Gasteiger partial charge in [0.25, 0.3) is 5.91 Å². The highest BCUT2D eigenvalue weighted by atomic mass is 127. The fourth-order valence-corrected chi connectivity index (χ4v) is 4.70. The largest absolute Gasteiger partial charge is 0.490 e. The number of hydrogen-bond donors (Lipinski definition) is 3. The van der Waals surface area contributed by atoms with Gasteiger partial charge >= 0.3 is 11.8 Å². The molecule has 3 aromatic carbocycles. The number of carbonyl (C=O) groups excluding carboxylic acids is 3. The highest BCUT2D eigenvalue weighted by molar-refractivity contribution is 14.1. The number of rotatable bonds is 9. The summed E-state index contributed by atoms with van der Waals surface area (Å²) in [5.41, 5.74) is 7.00. The third-order valence-electron chi connectivity index (χ3n) is 5.29. The van der Waals surface area contributed by atoms with E-state index < -0.39 is 11.8 Å². The first-order chi connectivity index (χ1) is 18.6. The Morgan fingerprint density at radius 3 is 2.36 bits per heavy atom. The summed E-state index contributed by atoms with van der Waals surface area (Å²) < 4.78 is 12.2. The van der Waals surface area contributed by atoms with Crippen LogP contribution in [0.2, 0.25) is 5.02 Å². The molecule has 0 aromatic heterocycles. The minimum absolute atomic E-state index is 0.214. The summed E-state index contributed by atoms with van der Waals surface area (Å²) in [4.78, 5) is 36.8. The van der Waals surface area contributed by atoms with E-state index in [1.807, 2.05) is 39.8 Å². The van der Waals surface area contributed by atoms with Crippen LogP contribution in [0.5, 0.6) is 11.5 Å². The van der Waals surface area contributed by atoms with Gasteiger partial charge in [0.05, 0.1) is 16.4 Å². The maximum absolute atomic E-state index is 12.6. The average Bonchev–Trinajstić information content (AvgIpc) is 2.86. The van der Waals surface area contributed by atoms with E-state index in [0.717, 1.165) is 22.4 Å². The molecular weight excluding hydrogens is 635 g/mol. The second-order valence-corrected chi connectivity index (χ2v) is 10.1. The van der Waals surface area contributed by atoms with E-state index in [1.165, 1.54) is 12.3 Å². The topological polar surface area (TPSA) is 118 Å². The molecule has 0 saturated heterocycles. The maximum atomic E-state index is 12.6. The van der Waals surface area contributed by atoms with Gasteiger partial charge in [0, 0.05) is 16.4 Å². The average molecular weight is 663 g/mol. The monoisotopic (exact) mass is 662 g/mol. The van der Waals surface area contributed by atoms with E-state index in [0.29, 0.717) is 37.9 Å². The number of benzene rings is 3. The van der Waals surface area contributed by atoms with Crippen LogP contribution in [0.4, 0.5) is 11.4 Å². The van der Waals surface area contributed by atoms with Crippen LogP contribution in [0.15, 0.2) is 53.6 Å². The minimum Gasteiger partial charge on any atom is -0.490 e. The van der Waals surface area contributed by atoms with E-state index in [4.69, 9.17) is 21.1 Å². The summed E-state index contributed by atoms with van der Waals surface area (Å²) in [6.07, 6.45) is 1.37. The third-order valence-corrected chi connectivity index (χ3v) is 6.33. The second kappa shape index (κ2) is 13.9. The highest BCUT2D eigenvalue weighted by Crippen LogP contribution is 2.34. The lowest BCUT2D eigenvalue weighted by Crippen LogP contribution is -2.32. The van der Waals surface area contributed by atoms with Gasteiger partial charge in [0.2, 0.25) is 0 Å². The van der Waals surface area contributed by atoms with Gasteiger partial charge in [-0.25, -0.2) is 5.43 Å². The number of hydrogen-bond acceptors (Lipinski definition) is 6. The molecule has 0 heterocycles. The van der Waals surface area contributed by atoms with Gasteiger partial charge in [-0.05, 0) is 97.3 Å². The lowest BCUT2D eigenvalue weighted by Gasteiger charge is -2.16. The summed E-state index contributed by atoms with van der Waals surface area (Å²) in [5.74, 6) is -1.32. The third kappa shape index (κ3) is 8.69. The number of nitrogens with one attached hydrogen (secondary N) is 3. The van der Waals surface area contributed by atoms with Gasteiger partial charge in [0.15, 0.2) is 18.1 Å². The number of hydrazone groups is 1. The summed E-state index contributed by atoms with van der Waals surface area (Å²) >= 11 is 7.95. The number of anilines is 2.